The molecule has 1 aromatic carbocycles. The topological polar surface area (TPSA) is 81.3 Å². The number of hydrogen-bond donors (Lipinski definition) is 2. The molecule has 2 N–H and O–H groups in total. The lowest BCUT2D eigenvalue weighted by atomic mass is 10.2. The average Bonchev–Trinajstić information content (AvgIpc) is 2.95. The Morgan fingerprint density at radius 3 is 2.50 bits per heavy atom. The first-order valence-corrected chi connectivity index (χ1v) is 5.87. The van der Waals surface area contributed by atoms with Crippen molar-refractivity contribution in [3.05, 3.63) is 22.6 Å². The number of aromatic nitrogens is 2. The number of carbonyl (C=O) groups excluding carboxylic acids is 1. The van der Waals surface area contributed by atoms with Gasteiger partial charge in [0, 0.05) is 13.1 Å². The monoisotopic (exact) mass is 244 g/mol. The highest BCUT2D eigenvalue weighted by atomic mass is 16.1. The minimum absolute atomic E-state index is 0.260. The zero-order valence-corrected chi connectivity index (χ0v) is 9.69. The first-order valence-electron chi connectivity index (χ1n) is 5.87. The summed E-state index contributed by atoms with van der Waals surface area (Å²) in [6.07, 6.45) is 3.83. The van der Waals surface area contributed by atoms with E-state index < -0.39 is 0 Å². The van der Waals surface area contributed by atoms with E-state index >= 15 is 0 Å². The first kappa shape index (κ1) is 10.8. The summed E-state index contributed by atoms with van der Waals surface area (Å²) in [5.74, 6) is 0. The lowest BCUT2D eigenvalue weighted by Crippen LogP contribution is -2.17. The Hall–Kier alpha value is -2.33. The second kappa shape index (κ2) is 4.16. The van der Waals surface area contributed by atoms with E-state index in [2.05, 4.69) is 19.9 Å². The van der Waals surface area contributed by atoms with E-state index in [0.717, 1.165) is 37.1 Å². The summed E-state index contributed by atoms with van der Waals surface area (Å²) in [6, 6.07) is 3.56. The van der Waals surface area contributed by atoms with Crippen LogP contribution >= 0.6 is 0 Å². The molecule has 0 radical (unpaired) electrons. The van der Waals surface area contributed by atoms with Gasteiger partial charge in [-0.3, -0.25) is 0 Å². The minimum atomic E-state index is -0.260. The molecule has 0 saturated carbocycles. The Bertz CT molecular complexity index is 688. The van der Waals surface area contributed by atoms with Crippen LogP contribution < -0.4 is 10.6 Å². The third kappa shape index (κ3) is 1.72. The molecule has 0 aliphatic carbocycles. The summed E-state index contributed by atoms with van der Waals surface area (Å²) in [5, 5.41) is 0. The molecule has 92 valence electrons. The van der Waals surface area contributed by atoms with Crippen LogP contribution in [0.1, 0.15) is 12.8 Å². The highest BCUT2D eigenvalue weighted by molar-refractivity contribution is 5.87. The molecule has 1 aliphatic heterocycles. The summed E-state index contributed by atoms with van der Waals surface area (Å²) in [4.78, 5) is 33.0. The zero-order valence-electron chi connectivity index (χ0n) is 9.69. The van der Waals surface area contributed by atoms with Crippen LogP contribution in [-0.2, 0) is 4.79 Å². The van der Waals surface area contributed by atoms with Crippen LogP contribution in [0.2, 0.25) is 0 Å². The van der Waals surface area contributed by atoms with Gasteiger partial charge in [0.05, 0.1) is 16.7 Å². The molecular formula is C12H12N4O2. The van der Waals surface area contributed by atoms with Crippen molar-refractivity contribution >= 4 is 28.5 Å². The molecule has 1 aromatic heterocycles. The quantitative estimate of drug-likeness (QED) is 0.619. The Morgan fingerprint density at radius 1 is 1.17 bits per heavy atom. The van der Waals surface area contributed by atoms with Crippen LogP contribution in [0.5, 0.6) is 0 Å². The van der Waals surface area contributed by atoms with Crippen LogP contribution in [0.4, 0.5) is 11.4 Å². The molecule has 2 aromatic rings. The molecule has 0 amide bonds. The molecule has 6 nitrogen and oxygen atoms in total. The van der Waals surface area contributed by atoms with Gasteiger partial charge < -0.3 is 14.9 Å². The number of benzene rings is 1. The number of imidazole rings is 1. The van der Waals surface area contributed by atoms with Crippen molar-refractivity contribution in [3.8, 4) is 0 Å². The molecule has 3 rings (SSSR count). The summed E-state index contributed by atoms with van der Waals surface area (Å²) < 4.78 is 0. The van der Waals surface area contributed by atoms with Crippen LogP contribution in [0.15, 0.2) is 21.9 Å². The fraction of sp³-hybridized carbons (Fsp3) is 0.333. The van der Waals surface area contributed by atoms with Crippen LogP contribution in [0, 0.1) is 0 Å². The predicted octanol–water partition coefficient (Wildman–Crippen LogP) is 1.42. The highest BCUT2D eigenvalue weighted by Gasteiger charge is 2.17. The molecular weight excluding hydrogens is 232 g/mol. The summed E-state index contributed by atoms with van der Waals surface area (Å²) in [6.45, 7) is 1.89. The van der Waals surface area contributed by atoms with E-state index in [9.17, 15) is 9.59 Å². The number of H-pyrrole nitrogens is 2. The largest absolute Gasteiger partial charge is 0.370 e. The Labute approximate surface area is 102 Å². The van der Waals surface area contributed by atoms with E-state index in [1.165, 1.54) is 0 Å². The van der Waals surface area contributed by atoms with Crippen LogP contribution in [-0.4, -0.2) is 29.1 Å². The Morgan fingerprint density at radius 2 is 1.83 bits per heavy atom. The van der Waals surface area contributed by atoms with Gasteiger partial charge in [0.25, 0.3) is 0 Å². The molecule has 1 fully saturated rings. The predicted molar refractivity (Wildman–Crippen MR) is 68.1 cm³/mol. The average molecular weight is 244 g/mol. The standard InChI is InChI=1S/C12H12N4O2/c17-7-13-10-5-8-9(15-12(18)14-8)6-11(10)16-3-1-2-4-16/h5-6H,1-4H2,(H2,14,15,18). The third-order valence-corrected chi connectivity index (χ3v) is 3.22. The van der Waals surface area contributed by atoms with E-state index in [0.29, 0.717) is 11.2 Å². The molecule has 6 heteroatoms. The van der Waals surface area contributed by atoms with Gasteiger partial charge in [-0.1, -0.05) is 0 Å². The van der Waals surface area contributed by atoms with Crippen molar-refractivity contribution in [3.63, 3.8) is 0 Å². The summed E-state index contributed by atoms with van der Waals surface area (Å²) in [5.41, 5.74) is 2.54. The van der Waals surface area contributed by atoms with Gasteiger partial charge in [-0.2, -0.15) is 4.99 Å². The van der Waals surface area contributed by atoms with Crippen molar-refractivity contribution in [1.82, 2.24) is 9.97 Å². The van der Waals surface area contributed by atoms with Crippen LogP contribution in [0.3, 0.4) is 0 Å². The van der Waals surface area contributed by atoms with Gasteiger partial charge in [0.2, 0.25) is 6.08 Å². The number of hydrogen-bond acceptors (Lipinski definition) is 4. The number of nitrogens with one attached hydrogen (secondary N) is 2. The van der Waals surface area contributed by atoms with Gasteiger partial charge in [-0.15, -0.1) is 0 Å². The minimum Gasteiger partial charge on any atom is -0.370 e. The SMILES string of the molecule is O=C=Nc1cc2[nH]c(=O)[nH]c2cc1N1CCCC1. The van der Waals surface area contributed by atoms with Gasteiger partial charge in [-0.05, 0) is 25.0 Å². The van der Waals surface area contributed by atoms with E-state index in [1.807, 2.05) is 6.07 Å². The van der Waals surface area contributed by atoms with Crippen LogP contribution in [0.25, 0.3) is 11.0 Å². The van der Waals surface area contributed by atoms with Crippen molar-refractivity contribution in [2.45, 2.75) is 12.8 Å². The fourth-order valence-electron chi connectivity index (χ4n) is 2.41. The molecule has 2 heterocycles. The number of aliphatic imine (C=N–C) groups is 1. The van der Waals surface area contributed by atoms with Crippen molar-refractivity contribution < 1.29 is 4.79 Å². The summed E-state index contributed by atoms with van der Waals surface area (Å²) >= 11 is 0. The molecule has 0 spiro atoms. The number of anilines is 1. The van der Waals surface area contributed by atoms with E-state index in [1.54, 1.807) is 12.1 Å². The smallest absolute Gasteiger partial charge is 0.323 e. The molecule has 1 saturated heterocycles. The van der Waals surface area contributed by atoms with Gasteiger partial charge >= 0.3 is 5.69 Å². The third-order valence-electron chi connectivity index (χ3n) is 3.22. The Kier molecular flexibility index (Phi) is 2.50. The molecule has 1 aliphatic rings. The normalized spacial score (nSPS) is 15.0. The maximum absolute atomic E-state index is 11.3. The first-order chi connectivity index (χ1) is 8.78. The lowest BCUT2D eigenvalue weighted by Gasteiger charge is -2.19. The van der Waals surface area contributed by atoms with Gasteiger partial charge in [0.15, 0.2) is 0 Å². The van der Waals surface area contributed by atoms with E-state index in [4.69, 9.17) is 0 Å². The van der Waals surface area contributed by atoms with Crippen molar-refractivity contribution in [2.75, 3.05) is 18.0 Å². The molecule has 0 atom stereocenters. The number of fused-ring (bicyclic) bond motifs is 1. The lowest BCUT2D eigenvalue weighted by molar-refractivity contribution is 0.565. The molecule has 18 heavy (non-hydrogen) atoms. The second-order valence-electron chi connectivity index (χ2n) is 4.36. The maximum atomic E-state index is 11.3. The van der Waals surface area contributed by atoms with E-state index in [-0.39, 0.29) is 5.69 Å². The summed E-state index contributed by atoms with van der Waals surface area (Å²) in [7, 11) is 0. The highest BCUT2D eigenvalue weighted by Crippen LogP contribution is 2.33. The number of isocyanates is 1. The molecule has 0 bridgehead atoms. The number of rotatable bonds is 2. The van der Waals surface area contributed by atoms with Crippen molar-refractivity contribution in [2.24, 2.45) is 4.99 Å². The maximum Gasteiger partial charge on any atom is 0.323 e. The zero-order chi connectivity index (χ0) is 12.5. The number of aromatic amines is 2. The van der Waals surface area contributed by atoms with Gasteiger partial charge in [0.1, 0.15) is 5.69 Å². The molecule has 0 unspecified atom stereocenters. The van der Waals surface area contributed by atoms with Gasteiger partial charge in [-0.25, -0.2) is 9.59 Å². The second-order valence-corrected chi connectivity index (χ2v) is 4.36. The van der Waals surface area contributed by atoms with Crippen molar-refractivity contribution in [1.29, 1.82) is 0 Å². The number of nitrogens with zero attached hydrogens (tertiary/aromatic N) is 2. The fourth-order valence-corrected chi connectivity index (χ4v) is 2.41. The Balaban J connectivity index is 2.22.